The molecule has 1 aromatic carbocycles. The van der Waals surface area contributed by atoms with Crippen LogP contribution in [0.1, 0.15) is 52.7 Å². The maximum atomic E-state index is 2.41. The second kappa shape index (κ2) is 3.54. The lowest BCUT2D eigenvalue weighted by molar-refractivity contribution is 0.139. The van der Waals surface area contributed by atoms with Crippen LogP contribution in [-0.2, 0) is 5.41 Å². The van der Waals surface area contributed by atoms with Crippen molar-refractivity contribution in [2.75, 3.05) is 0 Å². The summed E-state index contributed by atoms with van der Waals surface area (Å²) in [7, 11) is 0. The average molecular weight is 248 g/mol. The first kappa shape index (κ1) is 13.0. The first-order valence-corrected chi connectivity index (χ1v) is 7.22. The van der Waals surface area contributed by atoms with Crippen LogP contribution in [0.15, 0.2) is 23.1 Å². The van der Waals surface area contributed by atoms with Crippen LogP contribution < -0.4 is 0 Å². The summed E-state index contributed by atoms with van der Waals surface area (Å²) in [5, 5.41) is 0. The van der Waals surface area contributed by atoms with Crippen molar-refractivity contribution in [3.05, 3.63) is 29.3 Å². The Labute approximate surface area is 110 Å². The second-order valence-corrected chi connectivity index (χ2v) is 8.47. The van der Waals surface area contributed by atoms with Crippen LogP contribution in [-0.4, -0.2) is 4.75 Å². The van der Waals surface area contributed by atoms with Gasteiger partial charge in [0.1, 0.15) is 0 Å². The molecule has 17 heavy (non-hydrogen) atoms. The molecule has 0 aromatic heterocycles. The minimum atomic E-state index is 0.211. The van der Waals surface area contributed by atoms with Crippen molar-refractivity contribution < 1.29 is 0 Å². The number of fused-ring (bicyclic) bond motifs is 1. The van der Waals surface area contributed by atoms with E-state index < -0.39 is 0 Å². The lowest BCUT2D eigenvalue weighted by atomic mass is 9.57. The number of hydrogen-bond donors (Lipinski definition) is 0. The van der Waals surface area contributed by atoms with Crippen LogP contribution in [0.25, 0.3) is 0 Å². The third-order valence-electron chi connectivity index (χ3n) is 5.29. The molecule has 0 saturated carbocycles. The predicted molar refractivity (Wildman–Crippen MR) is 77.9 cm³/mol. The monoisotopic (exact) mass is 248 g/mol. The number of benzene rings is 1. The minimum Gasteiger partial charge on any atom is -0.119 e. The fourth-order valence-electron chi connectivity index (χ4n) is 2.99. The summed E-state index contributed by atoms with van der Waals surface area (Å²) in [4.78, 5) is 1.47. The van der Waals surface area contributed by atoms with E-state index >= 15 is 0 Å². The van der Waals surface area contributed by atoms with E-state index in [-0.39, 0.29) is 15.6 Å². The summed E-state index contributed by atoms with van der Waals surface area (Å²) in [6.07, 6.45) is 0. The molecule has 1 aromatic rings. The van der Waals surface area contributed by atoms with Gasteiger partial charge >= 0.3 is 0 Å². The first-order valence-electron chi connectivity index (χ1n) is 6.40. The minimum absolute atomic E-state index is 0.211. The highest BCUT2D eigenvalue weighted by Gasteiger charge is 2.53. The fourth-order valence-corrected chi connectivity index (χ4v) is 4.72. The van der Waals surface area contributed by atoms with Crippen molar-refractivity contribution in [3.63, 3.8) is 0 Å². The molecule has 0 N–H and O–H groups in total. The van der Waals surface area contributed by atoms with Crippen LogP contribution in [0.2, 0.25) is 0 Å². The maximum Gasteiger partial charge on any atom is 0.0210 e. The Kier molecular flexibility index (Phi) is 2.71. The molecule has 0 spiro atoms. The SMILES string of the molecule is Cc1cccc2c1C(C)(C)C(C)(C)C(C)(C)S2. The highest BCUT2D eigenvalue weighted by Crippen LogP contribution is 2.61. The molecule has 2 rings (SSSR count). The molecular weight excluding hydrogens is 224 g/mol. The Bertz CT molecular complexity index is 453. The molecule has 1 heteroatoms. The largest absolute Gasteiger partial charge is 0.119 e. The molecule has 0 nitrogen and oxygen atoms in total. The van der Waals surface area contributed by atoms with Gasteiger partial charge in [0, 0.05) is 9.64 Å². The van der Waals surface area contributed by atoms with E-state index in [9.17, 15) is 0 Å². The topological polar surface area (TPSA) is 0 Å². The smallest absolute Gasteiger partial charge is 0.0210 e. The van der Waals surface area contributed by atoms with Crippen LogP contribution in [0.3, 0.4) is 0 Å². The number of rotatable bonds is 0. The molecule has 0 amide bonds. The quantitative estimate of drug-likeness (QED) is 0.609. The third kappa shape index (κ3) is 1.58. The molecule has 1 aliphatic heterocycles. The number of hydrogen-bond acceptors (Lipinski definition) is 1. The number of aryl methyl sites for hydroxylation is 1. The fraction of sp³-hybridized carbons (Fsp3) is 0.625. The second-order valence-electron chi connectivity index (χ2n) is 6.81. The molecule has 94 valence electrons. The number of thioether (sulfide) groups is 1. The molecule has 0 bridgehead atoms. The summed E-state index contributed by atoms with van der Waals surface area (Å²) >= 11 is 2.04. The van der Waals surface area contributed by atoms with Crippen molar-refractivity contribution in [3.8, 4) is 0 Å². The Morgan fingerprint density at radius 1 is 0.941 bits per heavy atom. The maximum absolute atomic E-state index is 2.41. The van der Waals surface area contributed by atoms with Gasteiger partial charge in [0.05, 0.1) is 0 Å². The Balaban J connectivity index is 2.75. The van der Waals surface area contributed by atoms with Gasteiger partial charge in [-0.05, 0) is 48.8 Å². The lowest BCUT2D eigenvalue weighted by Gasteiger charge is -2.56. The first-order chi connectivity index (χ1) is 7.61. The summed E-state index contributed by atoms with van der Waals surface area (Å²) < 4.78 is 0.261. The Morgan fingerprint density at radius 3 is 2.12 bits per heavy atom. The zero-order chi connectivity index (χ0) is 13.1. The Morgan fingerprint density at radius 2 is 1.53 bits per heavy atom. The highest BCUT2D eigenvalue weighted by molar-refractivity contribution is 8.00. The van der Waals surface area contributed by atoms with Gasteiger partial charge in [-0.25, -0.2) is 0 Å². The van der Waals surface area contributed by atoms with E-state index in [1.807, 2.05) is 11.8 Å². The normalized spacial score (nSPS) is 24.2. The van der Waals surface area contributed by atoms with Crippen molar-refractivity contribution in [1.82, 2.24) is 0 Å². The molecule has 0 aliphatic carbocycles. The van der Waals surface area contributed by atoms with E-state index in [0.717, 1.165) is 0 Å². The van der Waals surface area contributed by atoms with Gasteiger partial charge in [0.15, 0.2) is 0 Å². The van der Waals surface area contributed by atoms with Crippen LogP contribution in [0.4, 0.5) is 0 Å². The van der Waals surface area contributed by atoms with Crippen molar-refractivity contribution in [1.29, 1.82) is 0 Å². The molecular formula is C16H24S. The van der Waals surface area contributed by atoms with Gasteiger partial charge in [-0.2, -0.15) is 0 Å². The van der Waals surface area contributed by atoms with Crippen LogP contribution in [0.5, 0.6) is 0 Å². The Hall–Kier alpha value is -0.430. The third-order valence-corrected chi connectivity index (χ3v) is 6.87. The van der Waals surface area contributed by atoms with Crippen molar-refractivity contribution in [2.45, 2.75) is 63.5 Å². The van der Waals surface area contributed by atoms with Crippen LogP contribution in [0, 0.1) is 12.3 Å². The van der Waals surface area contributed by atoms with E-state index in [1.165, 1.54) is 10.5 Å². The van der Waals surface area contributed by atoms with Gasteiger partial charge in [-0.1, -0.05) is 39.8 Å². The van der Waals surface area contributed by atoms with Gasteiger partial charge in [-0.15, -0.1) is 11.8 Å². The predicted octanol–water partition coefficient (Wildman–Crippen LogP) is 5.18. The summed E-state index contributed by atoms with van der Waals surface area (Å²) in [5.41, 5.74) is 3.46. The van der Waals surface area contributed by atoms with E-state index in [1.54, 1.807) is 5.56 Å². The average Bonchev–Trinajstić information content (AvgIpc) is 2.14. The van der Waals surface area contributed by atoms with E-state index in [2.05, 4.69) is 66.7 Å². The summed E-state index contributed by atoms with van der Waals surface area (Å²) in [6.45, 7) is 16.6. The van der Waals surface area contributed by atoms with E-state index in [0.29, 0.717) is 0 Å². The molecule has 1 aliphatic rings. The summed E-state index contributed by atoms with van der Waals surface area (Å²) in [6, 6.07) is 6.72. The van der Waals surface area contributed by atoms with Gasteiger partial charge in [0.2, 0.25) is 0 Å². The van der Waals surface area contributed by atoms with Gasteiger partial charge in [-0.3, -0.25) is 0 Å². The van der Waals surface area contributed by atoms with Crippen LogP contribution >= 0.6 is 11.8 Å². The molecule has 0 atom stereocenters. The molecule has 0 unspecified atom stereocenters. The van der Waals surface area contributed by atoms with Gasteiger partial charge in [0.25, 0.3) is 0 Å². The van der Waals surface area contributed by atoms with E-state index in [4.69, 9.17) is 0 Å². The van der Waals surface area contributed by atoms with Crippen molar-refractivity contribution in [2.24, 2.45) is 5.41 Å². The highest BCUT2D eigenvalue weighted by atomic mass is 32.2. The standard InChI is InChI=1S/C16H24S/c1-11-9-8-10-12-13(11)14(2,3)15(4,5)16(6,7)17-12/h8-10H,1-7H3. The molecule has 0 radical (unpaired) electrons. The van der Waals surface area contributed by atoms with Crippen molar-refractivity contribution >= 4 is 11.8 Å². The zero-order valence-corrected chi connectivity index (χ0v) is 13.0. The van der Waals surface area contributed by atoms with Gasteiger partial charge < -0.3 is 0 Å². The summed E-state index contributed by atoms with van der Waals surface area (Å²) in [5.74, 6) is 0. The molecule has 0 fully saturated rings. The zero-order valence-electron chi connectivity index (χ0n) is 12.1. The molecule has 0 saturated heterocycles. The molecule has 1 heterocycles. The lowest BCUT2D eigenvalue weighted by Crippen LogP contribution is -2.52.